The monoisotopic (exact) mass is 266 g/mol. The van der Waals surface area contributed by atoms with Crippen molar-refractivity contribution >= 4 is 5.97 Å². The third-order valence-corrected chi connectivity index (χ3v) is 1.52. The topological polar surface area (TPSA) is 26.3 Å². The standard InChI is InChI=1S/C9H12F6O2/c1-7(2,3)4-5(16)17-6(8(10,11)12)9(13,14)15/h6H,4H2,1-3H3. The summed E-state index contributed by atoms with van der Waals surface area (Å²) in [6, 6.07) is 0. The van der Waals surface area contributed by atoms with Gasteiger partial charge in [0.25, 0.3) is 6.10 Å². The lowest BCUT2D eigenvalue weighted by Gasteiger charge is -2.24. The summed E-state index contributed by atoms with van der Waals surface area (Å²) in [6.07, 6.45) is -15.9. The summed E-state index contributed by atoms with van der Waals surface area (Å²) in [7, 11) is 0. The van der Waals surface area contributed by atoms with Crippen LogP contribution >= 0.6 is 0 Å². The maximum Gasteiger partial charge on any atom is 0.434 e. The van der Waals surface area contributed by atoms with E-state index in [2.05, 4.69) is 4.74 Å². The van der Waals surface area contributed by atoms with Gasteiger partial charge in [-0.1, -0.05) is 20.8 Å². The van der Waals surface area contributed by atoms with Crippen molar-refractivity contribution in [3.63, 3.8) is 0 Å². The summed E-state index contributed by atoms with van der Waals surface area (Å²) in [5.41, 5.74) is -0.751. The van der Waals surface area contributed by atoms with E-state index in [-0.39, 0.29) is 0 Å². The highest BCUT2D eigenvalue weighted by Gasteiger charge is 2.59. The van der Waals surface area contributed by atoms with Crippen molar-refractivity contribution in [2.24, 2.45) is 5.41 Å². The Bertz CT molecular complexity index is 259. The van der Waals surface area contributed by atoms with Gasteiger partial charge in [0, 0.05) is 0 Å². The van der Waals surface area contributed by atoms with Crippen LogP contribution in [0.4, 0.5) is 26.3 Å². The van der Waals surface area contributed by atoms with Gasteiger partial charge in [0.2, 0.25) is 0 Å². The molecule has 0 bridgehead atoms. The molecule has 0 heterocycles. The smallest absolute Gasteiger partial charge is 0.434 e. The van der Waals surface area contributed by atoms with Gasteiger partial charge in [-0.05, 0) is 5.41 Å². The molecule has 0 atom stereocenters. The average Bonchev–Trinajstić information content (AvgIpc) is 1.91. The molecule has 0 fully saturated rings. The minimum absolute atomic E-state index is 0.532. The fraction of sp³-hybridized carbons (Fsp3) is 0.889. The number of carbonyl (C=O) groups is 1. The lowest BCUT2D eigenvalue weighted by atomic mass is 9.92. The molecule has 102 valence electrons. The van der Waals surface area contributed by atoms with Crippen LogP contribution in [0.2, 0.25) is 0 Å². The van der Waals surface area contributed by atoms with Gasteiger partial charge >= 0.3 is 18.3 Å². The summed E-state index contributed by atoms with van der Waals surface area (Å²) in [4.78, 5) is 10.9. The lowest BCUT2D eigenvalue weighted by Crippen LogP contribution is -2.45. The Hall–Kier alpha value is -0.950. The van der Waals surface area contributed by atoms with Crippen LogP contribution in [-0.2, 0) is 9.53 Å². The van der Waals surface area contributed by atoms with Gasteiger partial charge in [-0.3, -0.25) is 4.79 Å². The number of carbonyl (C=O) groups excluding carboxylic acids is 1. The van der Waals surface area contributed by atoms with Crippen LogP contribution in [0.3, 0.4) is 0 Å². The Morgan fingerprint density at radius 1 is 1.00 bits per heavy atom. The maximum absolute atomic E-state index is 12.0. The molecule has 0 N–H and O–H groups in total. The van der Waals surface area contributed by atoms with Crippen LogP contribution in [0.1, 0.15) is 27.2 Å². The van der Waals surface area contributed by atoms with Crippen LogP contribution in [0.15, 0.2) is 0 Å². The van der Waals surface area contributed by atoms with Crippen LogP contribution in [0.25, 0.3) is 0 Å². The van der Waals surface area contributed by atoms with Crippen molar-refractivity contribution in [1.82, 2.24) is 0 Å². The maximum atomic E-state index is 12.0. The molecular weight excluding hydrogens is 254 g/mol. The molecule has 0 aromatic carbocycles. The Morgan fingerprint density at radius 2 is 1.35 bits per heavy atom. The van der Waals surface area contributed by atoms with E-state index in [1.165, 1.54) is 20.8 Å². The van der Waals surface area contributed by atoms with Crippen LogP contribution in [0, 0.1) is 5.41 Å². The summed E-state index contributed by atoms with van der Waals surface area (Å²) in [5, 5.41) is 0. The molecule has 0 amide bonds. The number of esters is 1. The molecule has 0 aromatic rings. The molecular formula is C9H12F6O2. The number of halogens is 6. The van der Waals surface area contributed by atoms with E-state index in [1.54, 1.807) is 0 Å². The molecule has 17 heavy (non-hydrogen) atoms. The van der Waals surface area contributed by atoms with Gasteiger partial charge in [0.1, 0.15) is 0 Å². The minimum atomic E-state index is -5.66. The normalized spacial score (nSPS) is 14.0. The third-order valence-electron chi connectivity index (χ3n) is 1.52. The highest BCUT2D eigenvalue weighted by Crippen LogP contribution is 2.36. The Balaban J connectivity index is 4.75. The first-order valence-electron chi connectivity index (χ1n) is 4.56. The summed E-state index contributed by atoms with van der Waals surface area (Å²) in [6.45, 7) is 4.47. The van der Waals surface area contributed by atoms with Crippen molar-refractivity contribution < 1.29 is 35.9 Å². The first kappa shape index (κ1) is 16.1. The second-order valence-corrected chi connectivity index (χ2v) is 4.69. The van der Waals surface area contributed by atoms with Crippen LogP contribution in [0.5, 0.6) is 0 Å². The molecule has 2 nitrogen and oxygen atoms in total. The zero-order valence-corrected chi connectivity index (χ0v) is 9.37. The number of rotatable bonds is 2. The molecule has 8 heteroatoms. The largest absolute Gasteiger partial charge is 0.443 e. The fourth-order valence-electron chi connectivity index (χ4n) is 0.925. The summed E-state index contributed by atoms with van der Waals surface area (Å²) in [5.74, 6) is -1.53. The molecule has 0 radical (unpaired) electrons. The molecule has 0 aromatic heterocycles. The lowest BCUT2D eigenvalue weighted by molar-refractivity contribution is -0.313. The van der Waals surface area contributed by atoms with E-state index < -0.39 is 36.3 Å². The number of alkyl halides is 6. The van der Waals surface area contributed by atoms with Crippen molar-refractivity contribution in [2.75, 3.05) is 0 Å². The highest BCUT2D eigenvalue weighted by molar-refractivity contribution is 5.70. The predicted molar refractivity (Wildman–Crippen MR) is 46.1 cm³/mol. The van der Waals surface area contributed by atoms with E-state index in [0.717, 1.165) is 0 Å². The molecule has 0 saturated heterocycles. The second kappa shape index (κ2) is 4.73. The number of ether oxygens (including phenoxy) is 1. The molecule has 0 rings (SSSR count). The number of hydrogen-bond acceptors (Lipinski definition) is 2. The number of hydrogen-bond donors (Lipinski definition) is 0. The average molecular weight is 266 g/mol. The van der Waals surface area contributed by atoms with E-state index in [0.29, 0.717) is 0 Å². The van der Waals surface area contributed by atoms with Crippen molar-refractivity contribution in [2.45, 2.75) is 45.6 Å². The van der Waals surface area contributed by atoms with Gasteiger partial charge in [-0.25, -0.2) is 0 Å². The van der Waals surface area contributed by atoms with Gasteiger partial charge in [-0.2, -0.15) is 26.3 Å². The zero-order chi connectivity index (χ0) is 14.1. The van der Waals surface area contributed by atoms with Gasteiger partial charge in [-0.15, -0.1) is 0 Å². The Kier molecular flexibility index (Phi) is 4.47. The molecule has 0 aliphatic rings. The minimum Gasteiger partial charge on any atom is -0.443 e. The Labute approximate surface area is 93.9 Å². The second-order valence-electron chi connectivity index (χ2n) is 4.69. The van der Waals surface area contributed by atoms with Crippen molar-refractivity contribution in [1.29, 1.82) is 0 Å². The van der Waals surface area contributed by atoms with E-state index in [9.17, 15) is 31.1 Å². The summed E-state index contributed by atoms with van der Waals surface area (Å²) < 4.78 is 75.5. The summed E-state index contributed by atoms with van der Waals surface area (Å²) >= 11 is 0. The van der Waals surface area contributed by atoms with E-state index >= 15 is 0 Å². The molecule has 0 spiro atoms. The SMILES string of the molecule is CC(C)(C)CC(=O)OC(C(F)(F)F)C(F)(F)F. The molecule has 0 aliphatic heterocycles. The van der Waals surface area contributed by atoms with E-state index in [4.69, 9.17) is 0 Å². The van der Waals surface area contributed by atoms with Crippen molar-refractivity contribution in [3.05, 3.63) is 0 Å². The predicted octanol–water partition coefficient (Wildman–Crippen LogP) is 3.46. The third kappa shape index (κ3) is 6.38. The first-order valence-corrected chi connectivity index (χ1v) is 4.56. The first-order chi connectivity index (χ1) is 7.23. The van der Waals surface area contributed by atoms with Crippen LogP contribution in [-0.4, -0.2) is 24.4 Å². The van der Waals surface area contributed by atoms with Crippen molar-refractivity contribution in [3.8, 4) is 0 Å². The molecule has 0 saturated carbocycles. The molecule has 0 unspecified atom stereocenters. The zero-order valence-electron chi connectivity index (χ0n) is 9.37. The van der Waals surface area contributed by atoms with E-state index in [1.807, 2.05) is 0 Å². The van der Waals surface area contributed by atoms with Gasteiger partial charge in [0.05, 0.1) is 6.42 Å². The van der Waals surface area contributed by atoms with Crippen LogP contribution < -0.4 is 0 Å². The Morgan fingerprint density at radius 3 is 1.59 bits per heavy atom. The molecule has 0 aliphatic carbocycles. The van der Waals surface area contributed by atoms with Gasteiger partial charge < -0.3 is 4.74 Å². The quantitative estimate of drug-likeness (QED) is 0.565. The highest BCUT2D eigenvalue weighted by atomic mass is 19.4. The fourth-order valence-corrected chi connectivity index (χ4v) is 0.925. The van der Waals surface area contributed by atoms with Gasteiger partial charge in [0.15, 0.2) is 0 Å².